The maximum absolute atomic E-state index is 10.4. The summed E-state index contributed by atoms with van der Waals surface area (Å²) in [6.45, 7) is 2.01. The summed E-state index contributed by atoms with van der Waals surface area (Å²) in [4.78, 5) is 10.0. The van der Waals surface area contributed by atoms with Crippen molar-refractivity contribution in [2.75, 3.05) is 7.11 Å². The fraction of sp³-hybridized carbons (Fsp3) is 0.455. The third-order valence-corrected chi connectivity index (χ3v) is 2.39. The van der Waals surface area contributed by atoms with E-state index in [-0.39, 0.29) is 16.7 Å². The van der Waals surface area contributed by atoms with Crippen LogP contribution < -0.4 is 0 Å². The van der Waals surface area contributed by atoms with E-state index >= 15 is 0 Å². The van der Waals surface area contributed by atoms with Gasteiger partial charge >= 0.3 is 0 Å². The van der Waals surface area contributed by atoms with Crippen LogP contribution in [0.2, 0.25) is 0 Å². The van der Waals surface area contributed by atoms with Crippen LogP contribution in [0.1, 0.15) is 18.9 Å². The van der Waals surface area contributed by atoms with Crippen molar-refractivity contribution in [2.45, 2.75) is 25.9 Å². The van der Waals surface area contributed by atoms with Crippen LogP contribution in [0, 0.1) is 10.1 Å². The average Bonchev–Trinajstić information content (AvgIpc) is 2.26. The minimum absolute atomic E-state index is 0.138. The van der Waals surface area contributed by atoms with Crippen molar-refractivity contribution < 1.29 is 9.66 Å². The summed E-state index contributed by atoms with van der Waals surface area (Å²) in [5, 5.41) is 10.4. The lowest BCUT2D eigenvalue weighted by Gasteiger charge is -2.08. The zero-order valence-corrected chi connectivity index (χ0v) is 8.97. The number of ether oxygens (including phenoxy) is 1. The summed E-state index contributed by atoms with van der Waals surface area (Å²) in [5.41, 5.74) is 1.24. The van der Waals surface area contributed by atoms with Gasteiger partial charge in [0.2, 0.25) is 0 Å². The van der Waals surface area contributed by atoms with Gasteiger partial charge in [-0.3, -0.25) is 10.1 Å². The van der Waals surface area contributed by atoms with Gasteiger partial charge in [0, 0.05) is 19.2 Å². The summed E-state index contributed by atoms with van der Waals surface area (Å²) in [6, 6.07) is 6.65. The molecule has 0 aliphatic heterocycles. The van der Waals surface area contributed by atoms with Gasteiger partial charge in [-0.05, 0) is 25.3 Å². The number of nitro groups is 1. The quantitative estimate of drug-likeness (QED) is 0.553. The first-order valence-electron chi connectivity index (χ1n) is 4.89. The molecule has 0 bridgehead atoms. The van der Waals surface area contributed by atoms with Gasteiger partial charge in [0.15, 0.2) is 0 Å². The van der Waals surface area contributed by atoms with E-state index in [1.165, 1.54) is 12.1 Å². The van der Waals surface area contributed by atoms with Crippen LogP contribution in [0.15, 0.2) is 24.3 Å². The highest BCUT2D eigenvalue weighted by Gasteiger charge is 2.05. The molecule has 82 valence electrons. The number of methoxy groups -OCH3 is 1. The first-order chi connectivity index (χ1) is 7.13. The summed E-state index contributed by atoms with van der Waals surface area (Å²) in [5.74, 6) is 0. The van der Waals surface area contributed by atoms with E-state index in [9.17, 15) is 10.1 Å². The zero-order chi connectivity index (χ0) is 11.3. The Labute approximate surface area is 89.0 Å². The monoisotopic (exact) mass is 209 g/mol. The maximum atomic E-state index is 10.4. The molecule has 1 atom stereocenters. The molecule has 4 nitrogen and oxygen atoms in total. The van der Waals surface area contributed by atoms with Gasteiger partial charge in [0.1, 0.15) is 0 Å². The van der Waals surface area contributed by atoms with E-state index in [0.717, 1.165) is 18.4 Å². The summed E-state index contributed by atoms with van der Waals surface area (Å²) >= 11 is 0. The molecule has 0 aliphatic carbocycles. The molecule has 0 aliphatic rings. The van der Waals surface area contributed by atoms with Crippen LogP contribution in [0.3, 0.4) is 0 Å². The smallest absolute Gasteiger partial charge is 0.269 e. The van der Waals surface area contributed by atoms with Gasteiger partial charge in [0.25, 0.3) is 5.69 Å². The van der Waals surface area contributed by atoms with Crippen LogP contribution in [-0.2, 0) is 11.2 Å². The molecule has 1 aromatic carbocycles. The van der Waals surface area contributed by atoms with Crippen molar-refractivity contribution in [3.8, 4) is 0 Å². The van der Waals surface area contributed by atoms with Crippen molar-refractivity contribution in [3.05, 3.63) is 39.9 Å². The minimum atomic E-state index is -0.387. The van der Waals surface area contributed by atoms with Crippen molar-refractivity contribution in [2.24, 2.45) is 0 Å². The van der Waals surface area contributed by atoms with E-state index in [2.05, 4.69) is 0 Å². The predicted molar refractivity (Wildman–Crippen MR) is 57.9 cm³/mol. The second kappa shape index (κ2) is 5.46. The van der Waals surface area contributed by atoms with E-state index in [1.807, 2.05) is 6.92 Å². The van der Waals surface area contributed by atoms with E-state index in [4.69, 9.17) is 4.74 Å². The molecule has 0 spiro atoms. The summed E-state index contributed by atoms with van der Waals surface area (Å²) < 4.78 is 5.13. The van der Waals surface area contributed by atoms with Crippen LogP contribution in [0.5, 0.6) is 0 Å². The van der Waals surface area contributed by atoms with E-state index < -0.39 is 0 Å². The molecular weight excluding hydrogens is 194 g/mol. The third kappa shape index (κ3) is 3.67. The highest BCUT2D eigenvalue weighted by Crippen LogP contribution is 2.13. The van der Waals surface area contributed by atoms with Crippen LogP contribution in [-0.4, -0.2) is 18.1 Å². The standard InChI is InChI=1S/C11H15NO3/c1-9(15-2)3-4-10-5-7-11(8-6-10)12(13)14/h5-9H,3-4H2,1-2H3. The number of nitrogens with zero attached hydrogens (tertiary/aromatic N) is 1. The lowest BCUT2D eigenvalue weighted by Crippen LogP contribution is -2.05. The molecule has 0 heterocycles. The van der Waals surface area contributed by atoms with Crippen molar-refractivity contribution >= 4 is 5.69 Å². The number of rotatable bonds is 5. The largest absolute Gasteiger partial charge is 0.382 e. The van der Waals surface area contributed by atoms with Crippen molar-refractivity contribution in [1.29, 1.82) is 0 Å². The Morgan fingerprint density at radius 2 is 2.00 bits per heavy atom. The van der Waals surface area contributed by atoms with Crippen LogP contribution >= 0.6 is 0 Å². The Morgan fingerprint density at radius 1 is 1.40 bits per heavy atom. The predicted octanol–water partition coefficient (Wildman–Crippen LogP) is 2.56. The minimum Gasteiger partial charge on any atom is -0.382 e. The van der Waals surface area contributed by atoms with Gasteiger partial charge in [0.05, 0.1) is 11.0 Å². The number of non-ortho nitro benzene ring substituents is 1. The molecule has 0 N–H and O–H groups in total. The summed E-state index contributed by atoms with van der Waals surface area (Å²) in [7, 11) is 1.68. The van der Waals surface area contributed by atoms with Gasteiger partial charge in [-0.1, -0.05) is 12.1 Å². The highest BCUT2D eigenvalue weighted by molar-refractivity contribution is 5.32. The molecular formula is C11H15NO3. The van der Waals surface area contributed by atoms with Crippen molar-refractivity contribution in [3.63, 3.8) is 0 Å². The number of hydrogen-bond acceptors (Lipinski definition) is 3. The maximum Gasteiger partial charge on any atom is 0.269 e. The molecule has 1 unspecified atom stereocenters. The topological polar surface area (TPSA) is 52.4 Å². The SMILES string of the molecule is COC(C)CCc1ccc([N+](=O)[O-])cc1. The van der Waals surface area contributed by atoms with Gasteiger partial charge in [-0.2, -0.15) is 0 Å². The first kappa shape index (κ1) is 11.7. The van der Waals surface area contributed by atoms with Crippen LogP contribution in [0.4, 0.5) is 5.69 Å². The highest BCUT2D eigenvalue weighted by atomic mass is 16.6. The third-order valence-electron chi connectivity index (χ3n) is 2.39. The first-order valence-corrected chi connectivity index (χ1v) is 4.89. The average molecular weight is 209 g/mol. The molecule has 1 rings (SSSR count). The molecule has 0 saturated carbocycles. The Hall–Kier alpha value is -1.42. The molecule has 0 aromatic heterocycles. The molecule has 0 radical (unpaired) electrons. The van der Waals surface area contributed by atoms with Crippen molar-refractivity contribution in [1.82, 2.24) is 0 Å². The van der Waals surface area contributed by atoms with Gasteiger partial charge in [-0.15, -0.1) is 0 Å². The molecule has 0 saturated heterocycles. The molecule has 4 heteroatoms. The molecule has 0 fully saturated rings. The Balaban J connectivity index is 2.53. The number of aryl methyl sites for hydroxylation is 1. The lowest BCUT2D eigenvalue weighted by atomic mass is 10.1. The molecule has 15 heavy (non-hydrogen) atoms. The van der Waals surface area contributed by atoms with Gasteiger partial charge in [-0.25, -0.2) is 0 Å². The summed E-state index contributed by atoms with van der Waals surface area (Å²) in [6.07, 6.45) is 2.03. The number of hydrogen-bond donors (Lipinski definition) is 0. The molecule has 1 aromatic rings. The fourth-order valence-corrected chi connectivity index (χ4v) is 1.27. The molecule has 0 amide bonds. The zero-order valence-electron chi connectivity index (χ0n) is 8.97. The lowest BCUT2D eigenvalue weighted by molar-refractivity contribution is -0.384. The van der Waals surface area contributed by atoms with E-state index in [0.29, 0.717) is 0 Å². The van der Waals surface area contributed by atoms with Crippen LogP contribution in [0.25, 0.3) is 0 Å². The van der Waals surface area contributed by atoms with Gasteiger partial charge < -0.3 is 4.74 Å². The normalized spacial score (nSPS) is 12.4. The fourth-order valence-electron chi connectivity index (χ4n) is 1.27. The number of nitro benzene ring substituents is 1. The second-order valence-electron chi connectivity index (χ2n) is 3.51. The Morgan fingerprint density at radius 3 is 2.47 bits per heavy atom. The second-order valence-corrected chi connectivity index (χ2v) is 3.51. The van der Waals surface area contributed by atoms with E-state index in [1.54, 1.807) is 19.2 Å². The Bertz CT molecular complexity index is 321. The number of benzene rings is 1. The Kier molecular flexibility index (Phi) is 4.24.